The van der Waals surface area contributed by atoms with E-state index in [-0.39, 0.29) is 12.4 Å². The summed E-state index contributed by atoms with van der Waals surface area (Å²) in [5.41, 5.74) is 7.29. The summed E-state index contributed by atoms with van der Waals surface area (Å²) in [6, 6.07) is 14.1. The molecular weight excluding hydrogens is 457 g/mol. The molecule has 31 heavy (non-hydrogen) atoms. The van der Waals surface area contributed by atoms with E-state index in [1.807, 2.05) is 18.2 Å². The maximum atomic E-state index is 12.6. The number of hydrogen-bond acceptors (Lipinski definition) is 3. The van der Waals surface area contributed by atoms with E-state index >= 15 is 0 Å². The van der Waals surface area contributed by atoms with Gasteiger partial charge in [-0.2, -0.15) is 0 Å². The van der Waals surface area contributed by atoms with Crippen molar-refractivity contribution in [2.75, 3.05) is 33.4 Å². The number of allylic oxidation sites excluding steroid dienone is 1. The summed E-state index contributed by atoms with van der Waals surface area (Å²) in [5, 5.41) is 0. The van der Waals surface area contributed by atoms with Gasteiger partial charge in [-0.25, -0.2) is 4.79 Å². The van der Waals surface area contributed by atoms with Crippen molar-refractivity contribution in [2.45, 2.75) is 25.7 Å². The minimum absolute atomic E-state index is 0.0957. The molecule has 0 bridgehead atoms. The van der Waals surface area contributed by atoms with Gasteiger partial charge in [-0.05, 0) is 71.2 Å². The van der Waals surface area contributed by atoms with E-state index in [2.05, 4.69) is 46.3 Å². The Kier molecular flexibility index (Phi) is 6.22. The Bertz CT molecular complexity index is 1100. The number of fused-ring (bicyclic) bond motifs is 1. The average Bonchev–Trinajstić information content (AvgIpc) is 2.93. The Balaban J connectivity index is 1.55. The lowest BCUT2D eigenvalue weighted by atomic mass is 9.92. The second-order valence-corrected chi connectivity index (χ2v) is 8.83. The molecule has 0 atom stereocenters. The van der Waals surface area contributed by atoms with Crippen molar-refractivity contribution in [3.63, 3.8) is 0 Å². The van der Waals surface area contributed by atoms with Gasteiger partial charge in [0, 0.05) is 26.8 Å². The molecule has 1 saturated heterocycles. The molecule has 0 radical (unpaired) electrons. The van der Waals surface area contributed by atoms with Gasteiger partial charge in [-0.1, -0.05) is 52.3 Å². The van der Waals surface area contributed by atoms with Gasteiger partial charge in [0.05, 0.1) is 19.3 Å². The fourth-order valence-electron chi connectivity index (χ4n) is 4.14. The van der Waals surface area contributed by atoms with Gasteiger partial charge < -0.3 is 4.74 Å². The number of carbonyl (C=O) groups excluding carboxylic acids is 1. The summed E-state index contributed by atoms with van der Waals surface area (Å²) in [6.45, 7) is -1.18. The van der Waals surface area contributed by atoms with Gasteiger partial charge in [-0.3, -0.25) is 9.29 Å². The molecule has 5 heteroatoms. The summed E-state index contributed by atoms with van der Waals surface area (Å²) >= 11 is 3.80. The molecule has 0 saturated carbocycles. The third-order valence-corrected chi connectivity index (χ3v) is 6.49. The van der Waals surface area contributed by atoms with Crippen LogP contribution in [0.5, 0.6) is 0 Å². The Labute approximate surface area is 194 Å². The fraction of sp³-hybridized carbons (Fsp3) is 0.346. The lowest BCUT2D eigenvalue weighted by Gasteiger charge is -2.33. The van der Waals surface area contributed by atoms with Crippen LogP contribution < -0.4 is 0 Å². The van der Waals surface area contributed by atoms with Crippen LogP contribution in [0.1, 0.15) is 54.6 Å². The predicted octanol–water partition coefficient (Wildman–Crippen LogP) is 6.02. The number of aryl methyl sites for hydroxylation is 1. The zero-order chi connectivity index (χ0) is 23.6. The number of nitrogens with zero attached hydrogens (tertiary/aromatic N) is 1. The minimum Gasteiger partial charge on any atom is -0.465 e. The fourth-order valence-corrected chi connectivity index (χ4v) is 4.86. The SMILES string of the molecule is [2H]C([2H])(CCF)N1CC(=Cc2ccc(C3=C(Br)CCCc4cc(C(=O)OC)ccc43)cc2)C1. The average molecular weight is 486 g/mol. The van der Waals surface area contributed by atoms with Gasteiger partial charge in [0.15, 0.2) is 0 Å². The molecule has 1 heterocycles. The number of halogens is 2. The number of hydrogen-bond donors (Lipinski definition) is 0. The van der Waals surface area contributed by atoms with Gasteiger partial charge in [0.25, 0.3) is 0 Å². The Morgan fingerprint density at radius 3 is 2.71 bits per heavy atom. The van der Waals surface area contributed by atoms with Crippen molar-refractivity contribution in [1.29, 1.82) is 0 Å². The number of methoxy groups -OCH3 is 1. The first-order valence-corrected chi connectivity index (χ1v) is 11.3. The molecule has 0 aromatic heterocycles. The quantitative estimate of drug-likeness (QED) is 0.468. The molecule has 0 amide bonds. The van der Waals surface area contributed by atoms with Crippen LogP contribution in [0.25, 0.3) is 11.6 Å². The van der Waals surface area contributed by atoms with Crippen LogP contribution in [0.4, 0.5) is 4.39 Å². The normalized spacial score (nSPS) is 17.8. The maximum Gasteiger partial charge on any atom is 0.337 e. The summed E-state index contributed by atoms with van der Waals surface area (Å²) in [7, 11) is 1.40. The molecule has 0 N–H and O–H groups in total. The predicted molar refractivity (Wildman–Crippen MR) is 127 cm³/mol. The zero-order valence-corrected chi connectivity index (χ0v) is 19.2. The van der Waals surface area contributed by atoms with Crippen molar-refractivity contribution >= 4 is 33.5 Å². The molecule has 1 fully saturated rings. The number of rotatable bonds is 6. The van der Waals surface area contributed by atoms with Crippen LogP contribution in [0.2, 0.25) is 0 Å². The number of benzene rings is 2. The van der Waals surface area contributed by atoms with Gasteiger partial charge in [0.2, 0.25) is 0 Å². The molecule has 2 aromatic carbocycles. The van der Waals surface area contributed by atoms with E-state index in [0.717, 1.165) is 57.1 Å². The van der Waals surface area contributed by atoms with Crippen LogP contribution in [0.15, 0.2) is 52.5 Å². The maximum absolute atomic E-state index is 12.6. The van der Waals surface area contributed by atoms with Gasteiger partial charge in [-0.15, -0.1) is 0 Å². The lowest BCUT2D eigenvalue weighted by molar-refractivity contribution is 0.0600. The molecule has 1 aliphatic heterocycles. The molecule has 162 valence electrons. The van der Waals surface area contributed by atoms with E-state index in [0.29, 0.717) is 18.7 Å². The van der Waals surface area contributed by atoms with Crippen molar-refractivity contribution in [2.24, 2.45) is 0 Å². The van der Waals surface area contributed by atoms with Crippen molar-refractivity contribution in [3.8, 4) is 0 Å². The summed E-state index contributed by atoms with van der Waals surface area (Å²) in [6.07, 6.45) is 4.81. The summed E-state index contributed by atoms with van der Waals surface area (Å²) in [5.74, 6) is -0.323. The minimum atomic E-state index is -1.59. The first-order chi connectivity index (χ1) is 15.8. The second-order valence-electron chi connectivity index (χ2n) is 7.87. The number of ether oxygens (including phenoxy) is 1. The van der Waals surface area contributed by atoms with Crippen molar-refractivity contribution in [3.05, 3.63) is 80.3 Å². The monoisotopic (exact) mass is 485 g/mol. The summed E-state index contributed by atoms with van der Waals surface area (Å²) < 4.78 is 34.4. The molecule has 0 spiro atoms. The van der Waals surface area contributed by atoms with Crippen molar-refractivity contribution in [1.82, 2.24) is 4.90 Å². The largest absolute Gasteiger partial charge is 0.465 e. The van der Waals surface area contributed by atoms with Crippen LogP contribution in [-0.4, -0.2) is 44.2 Å². The second kappa shape index (κ2) is 9.92. The molecule has 2 aromatic rings. The van der Waals surface area contributed by atoms with Crippen molar-refractivity contribution < 1.29 is 16.7 Å². The van der Waals surface area contributed by atoms with Gasteiger partial charge >= 0.3 is 5.97 Å². The molecule has 1 aliphatic carbocycles. The lowest BCUT2D eigenvalue weighted by Crippen LogP contribution is -2.40. The first kappa shape index (κ1) is 19.4. The highest BCUT2D eigenvalue weighted by Crippen LogP contribution is 2.38. The highest BCUT2D eigenvalue weighted by Gasteiger charge is 2.21. The van der Waals surface area contributed by atoms with Crippen LogP contribution >= 0.6 is 15.9 Å². The smallest absolute Gasteiger partial charge is 0.337 e. The van der Waals surface area contributed by atoms with E-state index in [1.165, 1.54) is 7.11 Å². The van der Waals surface area contributed by atoms with E-state index in [1.54, 1.807) is 4.90 Å². The number of likely N-dealkylation sites (tertiary alicyclic amines) is 1. The van der Waals surface area contributed by atoms with Gasteiger partial charge in [0.1, 0.15) is 0 Å². The van der Waals surface area contributed by atoms with Crippen LogP contribution in [0.3, 0.4) is 0 Å². The molecule has 0 unspecified atom stereocenters. The highest BCUT2D eigenvalue weighted by atomic mass is 79.9. The Morgan fingerprint density at radius 2 is 2.00 bits per heavy atom. The first-order valence-electron chi connectivity index (χ1n) is 11.5. The molecule has 2 aliphatic rings. The standard InChI is InChI=1S/C26H27BrFNO2/c1-31-26(30)22-10-11-23-21(15-22)4-2-5-24(27)25(23)20-8-6-18(7-9-20)14-19-16-29(17-19)13-3-12-28/h6-11,14-15H,2-5,12-13,16-17H2,1H3/i13D2. The Hall–Kier alpha value is -2.24. The van der Waals surface area contributed by atoms with Crippen LogP contribution in [-0.2, 0) is 11.2 Å². The number of alkyl halides is 1. The third-order valence-electron chi connectivity index (χ3n) is 5.70. The van der Waals surface area contributed by atoms with E-state index in [4.69, 9.17) is 7.48 Å². The molecule has 4 rings (SSSR count). The third kappa shape index (κ3) is 4.99. The van der Waals surface area contributed by atoms with E-state index in [9.17, 15) is 9.18 Å². The van der Waals surface area contributed by atoms with Crippen LogP contribution in [0, 0.1) is 0 Å². The van der Waals surface area contributed by atoms with E-state index < -0.39 is 13.2 Å². The highest BCUT2D eigenvalue weighted by molar-refractivity contribution is 9.11. The molecular formula is C26H27BrFNO2. The zero-order valence-electron chi connectivity index (χ0n) is 19.6. The number of esters is 1. The number of carbonyl (C=O) groups is 1. The summed E-state index contributed by atoms with van der Waals surface area (Å²) in [4.78, 5) is 13.6. The molecule has 3 nitrogen and oxygen atoms in total. The Morgan fingerprint density at radius 1 is 1.23 bits per heavy atom. The topological polar surface area (TPSA) is 29.5 Å².